The van der Waals surface area contributed by atoms with E-state index in [4.69, 9.17) is 16.3 Å². The smallest absolute Gasteiger partial charge is 0.213 e. The second-order valence-corrected chi connectivity index (χ2v) is 7.25. The predicted octanol–water partition coefficient (Wildman–Crippen LogP) is 5.78. The van der Waals surface area contributed by atoms with Crippen LogP contribution in [-0.2, 0) is 0 Å². The number of aromatic nitrogens is 3. The van der Waals surface area contributed by atoms with E-state index in [1.807, 2.05) is 61.9 Å². The molecule has 156 valence electrons. The number of benzene rings is 1. The molecule has 0 bridgehead atoms. The third-order valence-electron chi connectivity index (χ3n) is 4.84. The van der Waals surface area contributed by atoms with Crippen molar-refractivity contribution in [2.45, 2.75) is 0 Å². The Hall–Kier alpha value is -3.77. The summed E-state index contributed by atoms with van der Waals surface area (Å²) in [5.74, 6) is 1.25. The molecule has 0 fully saturated rings. The van der Waals surface area contributed by atoms with Crippen molar-refractivity contribution in [1.29, 1.82) is 0 Å². The molecule has 3 aromatic heterocycles. The van der Waals surface area contributed by atoms with Gasteiger partial charge in [0, 0.05) is 54.4 Å². The quantitative estimate of drug-likeness (QED) is 0.323. The molecule has 0 aliphatic carbocycles. The number of H-pyrrole nitrogens is 1. The normalized spacial score (nSPS) is 11.4. The van der Waals surface area contributed by atoms with E-state index >= 15 is 0 Å². The van der Waals surface area contributed by atoms with Crippen molar-refractivity contribution in [2.24, 2.45) is 0 Å². The Bertz CT molecular complexity index is 1280. The van der Waals surface area contributed by atoms with Gasteiger partial charge in [0.15, 0.2) is 0 Å². The number of nitrogens with one attached hydrogen (secondary N) is 3. The zero-order valence-corrected chi connectivity index (χ0v) is 18.0. The lowest BCUT2D eigenvalue weighted by atomic mass is 10.1. The summed E-state index contributed by atoms with van der Waals surface area (Å²) >= 11 is 6.55. The monoisotopic (exact) mass is 431 g/mol. The average molecular weight is 432 g/mol. The van der Waals surface area contributed by atoms with Gasteiger partial charge in [-0.1, -0.05) is 30.3 Å². The molecule has 3 heterocycles. The van der Waals surface area contributed by atoms with Gasteiger partial charge in [0.1, 0.15) is 5.82 Å². The minimum Gasteiger partial charge on any atom is -0.481 e. The molecular formula is C24H22ClN5O. The maximum absolute atomic E-state index is 6.55. The van der Waals surface area contributed by atoms with Crippen molar-refractivity contribution >= 4 is 39.6 Å². The molecule has 0 saturated heterocycles. The van der Waals surface area contributed by atoms with Gasteiger partial charge in [0.25, 0.3) is 0 Å². The zero-order chi connectivity index (χ0) is 21.8. The number of halogens is 1. The number of rotatable bonds is 7. The molecule has 31 heavy (non-hydrogen) atoms. The van der Waals surface area contributed by atoms with E-state index in [0.29, 0.717) is 16.7 Å². The highest BCUT2D eigenvalue weighted by Gasteiger charge is 2.09. The standard InChI is InChI=1S/C24H22ClN5O/c1-4-15(13-26-2)21-10-18-14-28-23(12-22(18)29-21)30-20-6-5-16(9-19(20)25)17-7-8-27-24(11-17)31-3/h4-14,26,29H,1H2,2-3H3,(H,28,30)/b15-13+. The van der Waals surface area contributed by atoms with Crippen LogP contribution in [0.2, 0.25) is 5.02 Å². The summed E-state index contributed by atoms with van der Waals surface area (Å²) in [6.07, 6.45) is 7.22. The van der Waals surface area contributed by atoms with Gasteiger partial charge < -0.3 is 20.4 Å². The van der Waals surface area contributed by atoms with Crippen LogP contribution in [0, 0.1) is 0 Å². The van der Waals surface area contributed by atoms with Gasteiger partial charge in [-0.25, -0.2) is 9.97 Å². The molecule has 0 radical (unpaired) electrons. The molecule has 3 N–H and O–H groups in total. The van der Waals surface area contributed by atoms with Gasteiger partial charge in [-0.2, -0.15) is 0 Å². The molecule has 0 aliphatic rings. The Kier molecular flexibility index (Phi) is 5.91. The van der Waals surface area contributed by atoms with Gasteiger partial charge in [0.05, 0.1) is 23.3 Å². The molecule has 0 saturated carbocycles. The van der Waals surface area contributed by atoms with Gasteiger partial charge in [-0.3, -0.25) is 0 Å². The Morgan fingerprint density at radius 2 is 1.97 bits per heavy atom. The first-order valence-corrected chi connectivity index (χ1v) is 10.0. The van der Waals surface area contributed by atoms with Crippen molar-refractivity contribution in [3.8, 4) is 17.0 Å². The third kappa shape index (κ3) is 4.39. The van der Waals surface area contributed by atoms with E-state index in [0.717, 1.165) is 39.0 Å². The van der Waals surface area contributed by atoms with Gasteiger partial charge in [-0.15, -0.1) is 0 Å². The van der Waals surface area contributed by atoms with Gasteiger partial charge in [-0.05, 0) is 35.4 Å². The fraction of sp³-hybridized carbons (Fsp3) is 0.0833. The molecule has 0 unspecified atom stereocenters. The molecular weight excluding hydrogens is 410 g/mol. The lowest BCUT2D eigenvalue weighted by Crippen LogP contribution is -1.95. The molecule has 0 spiro atoms. The maximum atomic E-state index is 6.55. The predicted molar refractivity (Wildman–Crippen MR) is 128 cm³/mol. The van der Waals surface area contributed by atoms with E-state index in [-0.39, 0.29) is 0 Å². The number of ether oxygens (including phenoxy) is 1. The first-order valence-electron chi connectivity index (χ1n) is 9.67. The topological polar surface area (TPSA) is 74.9 Å². The highest BCUT2D eigenvalue weighted by molar-refractivity contribution is 6.33. The van der Waals surface area contributed by atoms with Crippen LogP contribution in [0.1, 0.15) is 5.69 Å². The summed E-state index contributed by atoms with van der Waals surface area (Å²) in [4.78, 5) is 12.1. The number of pyridine rings is 2. The first kappa shape index (κ1) is 20.5. The Labute approximate surface area is 185 Å². The van der Waals surface area contributed by atoms with Crippen LogP contribution in [0.3, 0.4) is 0 Å². The Morgan fingerprint density at radius 3 is 2.71 bits per heavy atom. The molecule has 6 nitrogen and oxygen atoms in total. The number of hydrogen-bond donors (Lipinski definition) is 3. The average Bonchev–Trinajstić information content (AvgIpc) is 3.22. The van der Waals surface area contributed by atoms with Crippen LogP contribution in [0.15, 0.2) is 73.7 Å². The van der Waals surface area contributed by atoms with Crippen LogP contribution in [0.4, 0.5) is 11.5 Å². The van der Waals surface area contributed by atoms with Crippen LogP contribution in [0.25, 0.3) is 27.6 Å². The van der Waals surface area contributed by atoms with Crippen molar-refractivity contribution in [1.82, 2.24) is 20.3 Å². The first-order chi connectivity index (χ1) is 15.1. The SMILES string of the molecule is C=C/C(=C\NC)c1cc2cnc(Nc3ccc(-c4ccnc(OC)c4)cc3Cl)cc2[nH]1. The minimum atomic E-state index is 0.558. The molecule has 0 atom stereocenters. The summed E-state index contributed by atoms with van der Waals surface area (Å²) in [5, 5.41) is 7.93. The molecule has 4 aromatic rings. The number of aromatic amines is 1. The number of fused-ring (bicyclic) bond motifs is 1. The van der Waals surface area contributed by atoms with Crippen LogP contribution >= 0.6 is 11.6 Å². The fourth-order valence-corrected chi connectivity index (χ4v) is 3.51. The second-order valence-electron chi connectivity index (χ2n) is 6.84. The number of allylic oxidation sites excluding steroid dienone is 2. The number of hydrogen-bond acceptors (Lipinski definition) is 5. The van der Waals surface area contributed by atoms with Gasteiger partial charge >= 0.3 is 0 Å². The highest BCUT2D eigenvalue weighted by Crippen LogP contribution is 2.32. The fourth-order valence-electron chi connectivity index (χ4n) is 3.29. The van der Waals surface area contributed by atoms with Gasteiger partial charge in [0.2, 0.25) is 5.88 Å². The molecule has 0 aliphatic heterocycles. The molecule has 1 aromatic carbocycles. The third-order valence-corrected chi connectivity index (χ3v) is 5.16. The minimum absolute atomic E-state index is 0.558. The summed E-state index contributed by atoms with van der Waals surface area (Å²) < 4.78 is 5.20. The molecule has 4 rings (SSSR count). The zero-order valence-electron chi connectivity index (χ0n) is 17.2. The van der Waals surface area contributed by atoms with E-state index in [9.17, 15) is 0 Å². The van der Waals surface area contributed by atoms with Crippen LogP contribution < -0.4 is 15.4 Å². The largest absolute Gasteiger partial charge is 0.481 e. The molecule has 7 heteroatoms. The van der Waals surface area contributed by atoms with E-state index in [2.05, 4.69) is 32.2 Å². The van der Waals surface area contributed by atoms with E-state index in [1.165, 1.54) is 0 Å². The van der Waals surface area contributed by atoms with Crippen molar-refractivity contribution in [2.75, 3.05) is 19.5 Å². The maximum Gasteiger partial charge on any atom is 0.213 e. The summed E-state index contributed by atoms with van der Waals surface area (Å²) in [6, 6.07) is 13.6. The second kappa shape index (κ2) is 8.93. The Balaban J connectivity index is 1.60. The lowest BCUT2D eigenvalue weighted by Gasteiger charge is -2.10. The van der Waals surface area contributed by atoms with Crippen LogP contribution in [-0.4, -0.2) is 29.1 Å². The number of nitrogens with zero attached hydrogens (tertiary/aromatic N) is 2. The molecule has 0 amide bonds. The summed E-state index contributed by atoms with van der Waals surface area (Å²) in [6.45, 7) is 3.87. The summed E-state index contributed by atoms with van der Waals surface area (Å²) in [5.41, 5.74) is 5.63. The lowest BCUT2D eigenvalue weighted by molar-refractivity contribution is 0.398. The van der Waals surface area contributed by atoms with Crippen LogP contribution in [0.5, 0.6) is 5.88 Å². The highest BCUT2D eigenvalue weighted by atomic mass is 35.5. The van der Waals surface area contributed by atoms with E-state index in [1.54, 1.807) is 19.4 Å². The Morgan fingerprint density at radius 1 is 1.13 bits per heavy atom. The van der Waals surface area contributed by atoms with E-state index < -0.39 is 0 Å². The van der Waals surface area contributed by atoms with Crippen molar-refractivity contribution in [3.63, 3.8) is 0 Å². The summed E-state index contributed by atoms with van der Waals surface area (Å²) in [7, 11) is 3.45. The van der Waals surface area contributed by atoms with Crippen molar-refractivity contribution in [3.05, 3.63) is 84.4 Å². The number of anilines is 2. The number of methoxy groups -OCH3 is 1. The van der Waals surface area contributed by atoms with Crippen molar-refractivity contribution < 1.29 is 4.74 Å².